The molecule has 2 aromatic rings. The molecule has 2 heterocycles. The van der Waals surface area contributed by atoms with Crippen LogP contribution in [0.15, 0.2) is 41.3 Å². The molecule has 0 radical (unpaired) electrons. The van der Waals surface area contributed by atoms with E-state index in [0.717, 1.165) is 11.3 Å². The minimum Gasteiger partial charge on any atom is -0.497 e. The number of methoxy groups -OCH3 is 1. The van der Waals surface area contributed by atoms with E-state index in [2.05, 4.69) is 0 Å². The Bertz CT molecular complexity index is 959. The summed E-state index contributed by atoms with van der Waals surface area (Å²) in [6, 6.07) is 11.0. The van der Waals surface area contributed by atoms with Crippen molar-refractivity contribution in [3.8, 4) is 17.2 Å². The Morgan fingerprint density at radius 1 is 1.26 bits per heavy atom. The third-order valence-corrected chi connectivity index (χ3v) is 5.86. The van der Waals surface area contributed by atoms with Crippen LogP contribution in [0.4, 0.5) is 0 Å². The van der Waals surface area contributed by atoms with E-state index in [1.165, 1.54) is 11.8 Å². The molecule has 0 N–H and O–H groups in total. The molecule has 1 fully saturated rings. The summed E-state index contributed by atoms with van der Waals surface area (Å²) >= 11 is 13.0. The zero-order valence-corrected chi connectivity index (χ0v) is 16.6. The summed E-state index contributed by atoms with van der Waals surface area (Å²) < 4.78 is 16.4. The molecule has 4 rings (SSSR count). The van der Waals surface area contributed by atoms with Crippen molar-refractivity contribution in [1.29, 1.82) is 0 Å². The van der Waals surface area contributed by atoms with Crippen molar-refractivity contribution in [3.05, 3.63) is 57.5 Å². The molecule has 2 aromatic carbocycles. The number of carbonyl (C=O) groups is 1. The van der Waals surface area contributed by atoms with Crippen molar-refractivity contribution >= 4 is 51.9 Å². The first-order valence-corrected chi connectivity index (χ1v) is 9.63. The summed E-state index contributed by atoms with van der Waals surface area (Å²) in [6.45, 7) is 0.569. The van der Waals surface area contributed by atoms with Crippen LogP contribution in [0.2, 0.25) is 5.02 Å². The van der Waals surface area contributed by atoms with Gasteiger partial charge in [-0.2, -0.15) is 0 Å². The predicted octanol–water partition coefficient (Wildman–Crippen LogP) is 4.48. The number of thioether (sulfide) groups is 1. The number of amides is 1. The van der Waals surface area contributed by atoms with Crippen molar-refractivity contribution in [2.45, 2.75) is 6.54 Å². The average Bonchev–Trinajstić information content (AvgIpc) is 3.22. The molecule has 2 aliphatic rings. The fraction of sp³-hybridized carbons (Fsp3) is 0.158. The van der Waals surface area contributed by atoms with E-state index in [9.17, 15) is 4.79 Å². The summed E-state index contributed by atoms with van der Waals surface area (Å²) in [5.74, 6) is 1.83. The van der Waals surface area contributed by atoms with Gasteiger partial charge in [-0.05, 0) is 35.4 Å². The Morgan fingerprint density at radius 3 is 2.67 bits per heavy atom. The average molecular weight is 420 g/mol. The van der Waals surface area contributed by atoms with Crippen LogP contribution < -0.4 is 14.2 Å². The van der Waals surface area contributed by atoms with E-state index in [1.807, 2.05) is 24.3 Å². The van der Waals surface area contributed by atoms with Crippen molar-refractivity contribution < 1.29 is 19.0 Å². The zero-order chi connectivity index (χ0) is 19.0. The molecule has 1 amide bonds. The fourth-order valence-electron chi connectivity index (χ4n) is 2.73. The SMILES string of the molecule is COc1ccc(CN2C(=O)/C(=C/c3cc4c(cc3Cl)OCO4)SC2=S)cc1. The smallest absolute Gasteiger partial charge is 0.266 e. The van der Waals surface area contributed by atoms with Gasteiger partial charge in [-0.15, -0.1) is 0 Å². The molecule has 0 aromatic heterocycles. The van der Waals surface area contributed by atoms with E-state index in [-0.39, 0.29) is 12.7 Å². The number of nitrogens with zero attached hydrogens (tertiary/aromatic N) is 1. The second-order valence-electron chi connectivity index (χ2n) is 5.84. The Balaban J connectivity index is 1.56. The minimum absolute atomic E-state index is 0.144. The molecule has 5 nitrogen and oxygen atoms in total. The second-order valence-corrected chi connectivity index (χ2v) is 7.93. The van der Waals surface area contributed by atoms with E-state index in [4.69, 9.17) is 38.0 Å². The van der Waals surface area contributed by atoms with Gasteiger partial charge >= 0.3 is 0 Å². The van der Waals surface area contributed by atoms with Crippen molar-refractivity contribution in [1.82, 2.24) is 4.90 Å². The highest BCUT2D eigenvalue weighted by atomic mass is 35.5. The van der Waals surface area contributed by atoms with Crippen molar-refractivity contribution in [3.63, 3.8) is 0 Å². The Morgan fingerprint density at radius 2 is 1.96 bits per heavy atom. The van der Waals surface area contributed by atoms with Crippen LogP contribution in [0, 0.1) is 0 Å². The Hall–Kier alpha value is -2.22. The van der Waals surface area contributed by atoms with Gasteiger partial charge in [0, 0.05) is 6.07 Å². The van der Waals surface area contributed by atoms with Gasteiger partial charge in [0.25, 0.3) is 5.91 Å². The van der Waals surface area contributed by atoms with Crippen molar-refractivity contribution in [2.24, 2.45) is 0 Å². The van der Waals surface area contributed by atoms with E-state index in [1.54, 1.807) is 30.2 Å². The van der Waals surface area contributed by atoms with Crippen LogP contribution >= 0.6 is 35.6 Å². The van der Waals surface area contributed by atoms with Crippen molar-refractivity contribution in [2.75, 3.05) is 13.9 Å². The number of thiocarbonyl (C=S) groups is 1. The van der Waals surface area contributed by atoms with Gasteiger partial charge in [0.15, 0.2) is 11.5 Å². The number of hydrogen-bond acceptors (Lipinski definition) is 6. The molecule has 0 bridgehead atoms. The molecular weight excluding hydrogens is 406 g/mol. The lowest BCUT2D eigenvalue weighted by Gasteiger charge is -2.14. The van der Waals surface area contributed by atoms with Crippen LogP contribution in [0.3, 0.4) is 0 Å². The highest BCUT2D eigenvalue weighted by Gasteiger charge is 2.32. The third kappa shape index (κ3) is 3.63. The molecular formula is C19H14ClNO4S2. The number of fused-ring (bicyclic) bond motifs is 1. The maximum atomic E-state index is 12.8. The number of halogens is 1. The first-order chi connectivity index (χ1) is 13.0. The molecule has 0 unspecified atom stereocenters. The van der Waals surface area contributed by atoms with Gasteiger partial charge < -0.3 is 14.2 Å². The molecule has 0 atom stereocenters. The first kappa shape index (κ1) is 18.2. The largest absolute Gasteiger partial charge is 0.497 e. The summed E-state index contributed by atoms with van der Waals surface area (Å²) in [4.78, 5) is 14.9. The molecule has 8 heteroatoms. The molecule has 138 valence electrons. The number of carbonyl (C=O) groups excluding carboxylic acids is 1. The maximum Gasteiger partial charge on any atom is 0.266 e. The van der Waals surface area contributed by atoms with E-state index in [0.29, 0.717) is 37.9 Å². The van der Waals surface area contributed by atoms with Gasteiger partial charge in [0.2, 0.25) is 6.79 Å². The number of hydrogen-bond donors (Lipinski definition) is 0. The second kappa shape index (κ2) is 7.42. The normalized spacial score (nSPS) is 17.1. The highest BCUT2D eigenvalue weighted by molar-refractivity contribution is 8.26. The standard InChI is InChI=1S/C19H14ClNO4S2/c1-23-13-4-2-11(3-5-13)9-21-18(22)17(27-19(21)26)7-12-6-15-16(8-14(12)20)25-10-24-15/h2-8H,9-10H2,1H3/b17-7-. The molecule has 0 saturated carbocycles. The minimum atomic E-state index is -0.144. The highest BCUT2D eigenvalue weighted by Crippen LogP contribution is 2.40. The fourth-order valence-corrected chi connectivity index (χ4v) is 4.19. The van der Waals surface area contributed by atoms with Gasteiger partial charge in [-0.3, -0.25) is 9.69 Å². The van der Waals surface area contributed by atoms with Crippen LogP contribution in [-0.4, -0.2) is 29.0 Å². The zero-order valence-electron chi connectivity index (χ0n) is 14.2. The quantitative estimate of drug-likeness (QED) is 0.538. The van der Waals surface area contributed by atoms with Gasteiger partial charge in [-0.1, -0.05) is 47.7 Å². The lowest BCUT2D eigenvalue weighted by Crippen LogP contribution is -2.27. The number of ether oxygens (including phenoxy) is 3. The van der Waals surface area contributed by atoms with E-state index < -0.39 is 0 Å². The molecule has 27 heavy (non-hydrogen) atoms. The summed E-state index contributed by atoms with van der Waals surface area (Å²) in [7, 11) is 1.61. The number of benzene rings is 2. The molecule has 1 saturated heterocycles. The molecule has 0 aliphatic carbocycles. The van der Waals surface area contributed by atoms with Crippen LogP contribution in [-0.2, 0) is 11.3 Å². The van der Waals surface area contributed by atoms with Crippen LogP contribution in [0.1, 0.15) is 11.1 Å². The molecule has 2 aliphatic heterocycles. The topological polar surface area (TPSA) is 48.0 Å². The Kier molecular flexibility index (Phi) is 4.99. The van der Waals surface area contributed by atoms with Gasteiger partial charge in [0.1, 0.15) is 10.1 Å². The van der Waals surface area contributed by atoms with Crippen LogP contribution in [0.25, 0.3) is 6.08 Å². The Labute approximate surface area is 170 Å². The number of rotatable bonds is 4. The van der Waals surface area contributed by atoms with Crippen LogP contribution in [0.5, 0.6) is 17.2 Å². The lowest BCUT2D eigenvalue weighted by molar-refractivity contribution is -0.122. The lowest BCUT2D eigenvalue weighted by atomic mass is 10.1. The summed E-state index contributed by atoms with van der Waals surface area (Å²) in [5, 5.41) is 0.486. The predicted molar refractivity (Wildman–Crippen MR) is 109 cm³/mol. The monoisotopic (exact) mass is 419 g/mol. The maximum absolute atomic E-state index is 12.8. The summed E-state index contributed by atoms with van der Waals surface area (Å²) in [6.07, 6.45) is 1.73. The van der Waals surface area contributed by atoms with Gasteiger partial charge in [-0.25, -0.2) is 0 Å². The van der Waals surface area contributed by atoms with Gasteiger partial charge in [0.05, 0.1) is 23.6 Å². The molecule has 0 spiro atoms. The third-order valence-electron chi connectivity index (χ3n) is 4.15. The first-order valence-electron chi connectivity index (χ1n) is 8.02. The summed E-state index contributed by atoms with van der Waals surface area (Å²) in [5.41, 5.74) is 1.65. The van der Waals surface area contributed by atoms with E-state index >= 15 is 0 Å².